The molecule has 2 atom stereocenters. The van der Waals surface area contributed by atoms with E-state index in [1.54, 1.807) is 6.21 Å². The van der Waals surface area contributed by atoms with Crippen molar-refractivity contribution in [1.82, 2.24) is 10.6 Å². The van der Waals surface area contributed by atoms with Crippen LogP contribution in [0.5, 0.6) is 0 Å². The van der Waals surface area contributed by atoms with Crippen molar-refractivity contribution in [2.24, 2.45) is 5.10 Å². The molecule has 0 aliphatic carbocycles. The fourth-order valence-corrected chi connectivity index (χ4v) is 2.20. The molecular weight excluding hydrogens is 236 g/mol. The predicted molar refractivity (Wildman–Crippen MR) is 68.9 cm³/mol. The van der Waals surface area contributed by atoms with Crippen molar-refractivity contribution in [3.8, 4) is 0 Å². The van der Waals surface area contributed by atoms with Gasteiger partial charge in [-0.05, 0) is 24.4 Å². The second-order valence-corrected chi connectivity index (χ2v) is 4.28. The Bertz CT molecular complexity index is 501. The number of nitrogens with zero attached hydrogens (tertiary/aromatic N) is 2. The maximum absolute atomic E-state index is 12.2. The molecule has 1 aromatic carbocycles. The molecule has 6 heteroatoms. The lowest BCUT2D eigenvalue weighted by atomic mass is 10.1. The van der Waals surface area contributed by atoms with Crippen LogP contribution in [0.2, 0.25) is 0 Å². The minimum atomic E-state index is -0.361. The Morgan fingerprint density at radius 1 is 1.24 bits per heavy atom. The lowest BCUT2D eigenvalue weighted by molar-refractivity contribution is -0.120. The number of hydrogen-bond donors (Lipinski definition) is 2. The first kappa shape index (κ1) is 10.2. The van der Waals surface area contributed by atoms with E-state index in [4.69, 9.17) is 12.2 Å². The highest BCUT2D eigenvalue weighted by atomic mass is 32.1. The molecule has 0 radical (unpaired) electrons. The summed E-state index contributed by atoms with van der Waals surface area (Å²) in [5.74, 6) is -0.101. The van der Waals surface area contributed by atoms with Gasteiger partial charge in [0.15, 0.2) is 5.11 Å². The number of carbonyl (C=O) groups is 1. The van der Waals surface area contributed by atoms with Crippen molar-refractivity contribution in [2.45, 2.75) is 12.1 Å². The summed E-state index contributed by atoms with van der Waals surface area (Å²) in [6.45, 7) is 0. The zero-order chi connectivity index (χ0) is 11.8. The molecule has 86 valence electrons. The maximum Gasteiger partial charge on any atom is 0.272 e. The summed E-state index contributed by atoms with van der Waals surface area (Å²) in [5.41, 5.74) is 0.756. The largest absolute Gasteiger partial charge is 0.352 e. The number of thiocarbonyl (C=S) groups is 1. The summed E-state index contributed by atoms with van der Waals surface area (Å²) in [6, 6.07) is 8.82. The van der Waals surface area contributed by atoms with Gasteiger partial charge in [0.05, 0.1) is 17.9 Å². The Morgan fingerprint density at radius 3 is 2.76 bits per heavy atom. The molecule has 0 aromatic heterocycles. The van der Waals surface area contributed by atoms with E-state index < -0.39 is 0 Å². The molecule has 0 spiro atoms. The van der Waals surface area contributed by atoms with Crippen LogP contribution < -0.4 is 15.6 Å². The number of rotatable bonds is 1. The van der Waals surface area contributed by atoms with Gasteiger partial charge in [-0.1, -0.05) is 18.2 Å². The third-order valence-electron chi connectivity index (χ3n) is 2.76. The molecule has 17 heavy (non-hydrogen) atoms. The highest BCUT2D eigenvalue weighted by Gasteiger charge is 2.40. The first-order valence-electron chi connectivity index (χ1n) is 5.26. The number of para-hydroxylation sites is 1. The van der Waals surface area contributed by atoms with Crippen LogP contribution in [0.1, 0.15) is 0 Å². The van der Waals surface area contributed by atoms with Gasteiger partial charge in [0, 0.05) is 0 Å². The number of hydrogen-bond acceptors (Lipinski definition) is 3. The van der Waals surface area contributed by atoms with E-state index in [-0.39, 0.29) is 18.0 Å². The first-order chi connectivity index (χ1) is 8.25. The van der Waals surface area contributed by atoms with E-state index in [1.165, 1.54) is 5.01 Å². The van der Waals surface area contributed by atoms with E-state index in [9.17, 15) is 4.79 Å². The standard InChI is InChI=1S/C11H10N4OS/c16-10-9-8(13-11(17)14-9)6-12-15(10)7-4-2-1-3-5-7/h1-6,8-9H,(H2,13,14,17)/t8-,9+/m1/s1. The van der Waals surface area contributed by atoms with E-state index in [1.807, 2.05) is 30.3 Å². The Labute approximate surface area is 103 Å². The van der Waals surface area contributed by atoms with Crippen LogP contribution in [-0.2, 0) is 4.79 Å². The van der Waals surface area contributed by atoms with Crippen LogP contribution in [0.15, 0.2) is 35.4 Å². The summed E-state index contributed by atoms with van der Waals surface area (Å²) < 4.78 is 0. The van der Waals surface area contributed by atoms with Gasteiger partial charge in [0.25, 0.3) is 5.91 Å². The summed E-state index contributed by atoms with van der Waals surface area (Å²) in [5, 5.41) is 12.0. The SMILES string of the molecule is O=C1[C@H]2NC(=S)N[C@@H]2C=NN1c1ccccc1. The smallest absolute Gasteiger partial charge is 0.272 e. The lowest BCUT2D eigenvalue weighted by Crippen LogP contribution is -2.52. The van der Waals surface area contributed by atoms with Gasteiger partial charge in [-0.3, -0.25) is 4.79 Å². The summed E-state index contributed by atoms with van der Waals surface area (Å²) in [4.78, 5) is 12.2. The summed E-state index contributed by atoms with van der Waals surface area (Å²) in [7, 11) is 0. The molecule has 1 fully saturated rings. The Morgan fingerprint density at radius 2 is 2.00 bits per heavy atom. The van der Waals surface area contributed by atoms with Crippen molar-refractivity contribution in [3.05, 3.63) is 30.3 Å². The van der Waals surface area contributed by atoms with Crippen LogP contribution >= 0.6 is 12.2 Å². The highest BCUT2D eigenvalue weighted by Crippen LogP contribution is 2.19. The molecule has 1 aromatic rings. The number of anilines is 1. The zero-order valence-corrected chi connectivity index (χ0v) is 9.65. The quantitative estimate of drug-likeness (QED) is 0.697. The lowest BCUT2D eigenvalue weighted by Gasteiger charge is -2.26. The topological polar surface area (TPSA) is 56.7 Å². The number of hydrazone groups is 1. The molecule has 2 aliphatic heterocycles. The van der Waals surface area contributed by atoms with Gasteiger partial charge in [-0.2, -0.15) is 10.1 Å². The number of carbonyl (C=O) groups excluding carboxylic acids is 1. The van der Waals surface area contributed by atoms with E-state index in [0.717, 1.165) is 5.69 Å². The number of benzene rings is 1. The van der Waals surface area contributed by atoms with Gasteiger partial charge in [-0.15, -0.1) is 0 Å². The van der Waals surface area contributed by atoms with Crippen LogP contribution in [0.3, 0.4) is 0 Å². The molecule has 2 heterocycles. The summed E-state index contributed by atoms with van der Waals surface area (Å²) in [6.07, 6.45) is 1.70. The molecule has 2 aliphatic rings. The monoisotopic (exact) mass is 246 g/mol. The Balaban J connectivity index is 1.93. The van der Waals surface area contributed by atoms with E-state index in [2.05, 4.69) is 15.7 Å². The van der Waals surface area contributed by atoms with Gasteiger partial charge in [0.1, 0.15) is 6.04 Å². The van der Waals surface area contributed by atoms with Gasteiger partial charge < -0.3 is 10.6 Å². The third kappa shape index (κ3) is 1.66. The second-order valence-electron chi connectivity index (χ2n) is 3.87. The van der Waals surface area contributed by atoms with Crippen molar-refractivity contribution in [2.75, 3.05) is 5.01 Å². The van der Waals surface area contributed by atoms with Crippen molar-refractivity contribution >= 4 is 35.1 Å². The second kappa shape index (κ2) is 3.81. The molecule has 5 nitrogen and oxygen atoms in total. The van der Waals surface area contributed by atoms with Crippen LogP contribution in [0.25, 0.3) is 0 Å². The minimum Gasteiger partial charge on any atom is -0.352 e. The fourth-order valence-electron chi connectivity index (χ4n) is 1.94. The molecule has 0 bridgehead atoms. The van der Waals surface area contributed by atoms with E-state index >= 15 is 0 Å². The maximum atomic E-state index is 12.2. The molecular formula is C11H10N4OS. The van der Waals surface area contributed by atoms with Crippen molar-refractivity contribution in [3.63, 3.8) is 0 Å². The van der Waals surface area contributed by atoms with Crippen LogP contribution in [0.4, 0.5) is 5.69 Å². The van der Waals surface area contributed by atoms with Gasteiger partial charge in [0.2, 0.25) is 0 Å². The zero-order valence-electron chi connectivity index (χ0n) is 8.83. The molecule has 2 N–H and O–H groups in total. The summed E-state index contributed by atoms with van der Waals surface area (Å²) >= 11 is 4.99. The first-order valence-corrected chi connectivity index (χ1v) is 5.67. The Hall–Kier alpha value is -1.95. The molecule has 1 saturated heterocycles. The highest BCUT2D eigenvalue weighted by molar-refractivity contribution is 7.80. The fraction of sp³-hybridized carbons (Fsp3) is 0.182. The average molecular weight is 246 g/mol. The van der Waals surface area contributed by atoms with Crippen LogP contribution in [0, 0.1) is 0 Å². The Kier molecular flexibility index (Phi) is 2.29. The molecule has 1 amide bonds. The number of amides is 1. The number of nitrogens with one attached hydrogen (secondary N) is 2. The van der Waals surface area contributed by atoms with Crippen molar-refractivity contribution in [1.29, 1.82) is 0 Å². The van der Waals surface area contributed by atoms with Gasteiger partial charge in [-0.25, -0.2) is 0 Å². The molecule has 0 unspecified atom stereocenters. The predicted octanol–water partition coefficient (Wildman–Crippen LogP) is 0.234. The van der Waals surface area contributed by atoms with E-state index in [0.29, 0.717) is 5.11 Å². The minimum absolute atomic E-state index is 0.101. The normalized spacial score (nSPS) is 26.5. The molecule has 3 rings (SSSR count). The van der Waals surface area contributed by atoms with Gasteiger partial charge >= 0.3 is 0 Å². The van der Waals surface area contributed by atoms with Crippen LogP contribution in [-0.4, -0.2) is 29.3 Å². The van der Waals surface area contributed by atoms with Crippen molar-refractivity contribution < 1.29 is 4.79 Å². The average Bonchev–Trinajstić information content (AvgIpc) is 2.72. The third-order valence-corrected chi connectivity index (χ3v) is 3.00. The number of fused-ring (bicyclic) bond motifs is 1. The molecule has 0 saturated carbocycles.